The summed E-state index contributed by atoms with van der Waals surface area (Å²) in [6.45, 7) is 9.76. The minimum atomic E-state index is -2.87. The van der Waals surface area contributed by atoms with Crippen LogP contribution in [0.1, 0.15) is 44.7 Å². The van der Waals surface area contributed by atoms with Crippen LogP contribution in [0.15, 0.2) is 18.9 Å². The molecule has 212 valence electrons. The summed E-state index contributed by atoms with van der Waals surface area (Å²) < 4.78 is 32.6. The number of unbranched alkanes of at least 4 members (excludes halogenated alkanes) is 2. The highest BCUT2D eigenvalue weighted by Gasteiger charge is 2.25. The summed E-state index contributed by atoms with van der Waals surface area (Å²) in [6.07, 6.45) is 4.55. The Labute approximate surface area is 226 Å². The van der Waals surface area contributed by atoms with Crippen LogP contribution in [-0.4, -0.2) is 94.5 Å². The molecule has 2 aromatic rings. The number of morpholine rings is 1. The van der Waals surface area contributed by atoms with E-state index in [0.717, 1.165) is 19.3 Å². The number of hydrogen-bond acceptors (Lipinski definition) is 11. The standard InChI is InChI=1S/C17H21F2N9O2.C8H14O/c18-13(19)12-11(9-21-15(20)22-12)14-23-16(27-3-1-26(10-29)2-4-27)25-17(24-14)28-5-7-30-8-6-28;1-3-5-6-7-8(9)4-2/h9-10,13H,1-8H2,(H2,20,21,22);4H,2-3,5-7H2,1H3. The van der Waals surface area contributed by atoms with Gasteiger partial charge in [-0.3, -0.25) is 9.59 Å². The molecular weight excluding hydrogens is 512 g/mol. The number of carbonyl (C=O) groups is 2. The quantitative estimate of drug-likeness (QED) is 0.266. The zero-order valence-electron chi connectivity index (χ0n) is 22.1. The molecular formula is C25H35F2N9O3. The molecule has 0 bridgehead atoms. The number of halogens is 2. The van der Waals surface area contributed by atoms with E-state index >= 15 is 0 Å². The summed E-state index contributed by atoms with van der Waals surface area (Å²) in [7, 11) is 0. The molecule has 0 atom stereocenters. The van der Waals surface area contributed by atoms with Gasteiger partial charge in [0.1, 0.15) is 5.69 Å². The number of anilines is 3. The van der Waals surface area contributed by atoms with Crippen LogP contribution in [0, 0.1) is 0 Å². The van der Waals surface area contributed by atoms with Gasteiger partial charge in [-0.15, -0.1) is 0 Å². The van der Waals surface area contributed by atoms with Crippen LogP contribution in [0.4, 0.5) is 26.6 Å². The number of aromatic nitrogens is 5. The third-order valence-electron chi connectivity index (χ3n) is 6.19. The number of rotatable bonds is 10. The Kier molecular flexibility index (Phi) is 11.4. The Morgan fingerprint density at radius 1 is 1.05 bits per heavy atom. The van der Waals surface area contributed by atoms with E-state index in [9.17, 15) is 18.4 Å². The topological polar surface area (TPSA) is 144 Å². The molecule has 2 saturated heterocycles. The Morgan fingerprint density at radius 2 is 1.69 bits per heavy atom. The number of carbonyl (C=O) groups excluding carboxylic acids is 2. The third-order valence-corrected chi connectivity index (χ3v) is 6.19. The first-order chi connectivity index (χ1) is 18.9. The molecule has 0 spiro atoms. The van der Waals surface area contributed by atoms with Crippen LogP contribution in [0.3, 0.4) is 0 Å². The molecule has 0 radical (unpaired) electrons. The number of hydrogen-bond donors (Lipinski definition) is 1. The van der Waals surface area contributed by atoms with Crippen molar-refractivity contribution in [2.45, 2.75) is 39.0 Å². The molecule has 2 aromatic heterocycles. The SMILES string of the molecule is C=CC(=O)CCCCC.Nc1ncc(-c2nc(N3CCOCC3)nc(N3CCN(C=O)CC3)n2)c(C(F)F)n1. The number of allylic oxidation sites excluding steroid dienone is 1. The number of nitrogen functional groups attached to an aromatic ring is 1. The molecule has 2 aliphatic heterocycles. The molecule has 4 heterocycles. The maximum atomic E-state index is 13.6. The molecule has 12 nitrogen and oxygen atoms in total. The summed E-state index contributed by atoms with van der Waals surface area (Å²) in [4.78, 5) is 48.0. The Morgan fingerprint density at radius 3 is 2.26 bits per heavy atom. The van der Waals surface area contributed by atoms with Crippen LogP contribution < -0.4 is 15.5 Å². The van der Waals surface area contributed by atoms with Gasteiger partial charge in [0.2, 0.25) is 24.3 Å². The second-order valence-electron chi connectivity index (χ2n) is 8.94. The highest BCUT2D eigenvalue weighted by atomic mass is 19.3. The summed E-state index contributed by atoms with van der Waals surface area (Å²) in [6, 6.07) is 0. The lowest BCUT2D eigenvalue weighted by Crippen LogP contribution is -2.46. The van der Waals surface area contributed by atoms with Crippen LogP contribution >= 0.6 is 0 Å². The number of alkyl halides is 2. The highest BCUT2D eigenvalue weighted by molar-refractivity contribution is 5.88. The van der Waals surface area contributed by atoms with Crippen molar-refractivity contribution in [1.82, 2.24) is 29.8 Å². The predicted octanol–water partition coefficient (Wildman–Crippen LogP) is 2.29. The minimum Gasteiger partial charge on any atom is -0.378 e. The normalized spacial score (nSPS) is 15.5. The van der Waals surface area contributed by atoms with Crippen LogP contribution in [0.25, 0.3) is 11.4 Å². The van der Waals surface area contributed by atoms with E-state index in [4.69, 9.17) is 10.5 Å². The van der Waals surface area contributed by atoms with E-state index in [1.54, 1.807) is 4.90 Å². The van der Waals surface area contributed by atoms with Gasteiger partial charge < -0.3 is 25.2 Å². The first-order valence-electron chi connectivity index (χ1n) is 13.0. The van der Waals surface area contributed by atoms with Crippen molar-refractivity contribution in [2.24, 2.45) is 0 Å². The zero-order valence-corrected chi connectivity index (χ0v) is 22.1. The molecule has 2 N–H and O–H groups in total. The second-order valence-corrected chi connectivity index (χ2v) is 8.94. The summed E-state index contributed by atoms with van der Waals surface area (Å²) in [5.74, 6) is 0.692. The molecule has 1 amide bonds. The van der Waals surface area contributed by atoms with Gasteiger partial charge in [-0.1, -0.05) is 26.3 Å². The van der Waals surface area contributed by atoms with Gasteiger partial charge in [-0.05, 0) is 12.5 Å². The van der Waals surface area contributed by atoms with Crippen molar-refractivity contribution >= 4 is 30.0 Å². The van der Waals surface area contributed by atoms with E-state index < -0.39 is 12.1 Å². The fourth-order valence-electron chi connectivity index (χ4n) is 3.95. The molecule has 39 heavy (non-hydrogen) atoms. The number of ether oxygens (including phenoxy) is 1. The van der Waals surface area contributed by atoms with E-state index in [0.29, 0.717) is 70.8 Å². The molecule has 2 fully saturated rings. The predicted molar refractivity (Wildman–Crippen MR) is 142 cm³/mol. The average molecular weight is 548 g/mol. The first kappa shape index (κ1) is 29.7. The largest absolute Gasteiger partial charge is 0.378 e. The number of amides is 1. The fourth-order valence-corrected chi connectivity index (χ4v) is 3.95. The van der Waals surface area contributed by atoms with Crippen LogP contribution in [0.2, 0.25) is 0 Å². The molecule has 4 rings (SSSR count). The monoisotopic (exact) mass is 547 g/mol. The number of ketones is 1. The zero-order chi connectivity index (χ0) is 28.2. The smallest absolute Gasteiger partial charge is 0.281 e. The fraction of sp³-hybridized carbons (Fsp3) is 0.560. The van der Waals surface area contributed by atoms with Gasteiger partial charge in [-0.2, -0.15) is 15.0 Å². The summed E-state index contributed by atoms with van der Waals surface area (Å²) in [5, 5.41) is 0. The van der Waals surface area contributed by atoms with Crippen molar-refractivity contribution in [3.8, 4) is 11.4 Å². The molecule has 0 saturated carbocycles. The molecule has 2 aliphatic rings. The molecule has 14 heteroatoms. The summed E-state index contributed by atoms with van der Waals surface area (Å²) >= 11 is 0. The van der Waals surface area contributed by atoms with Gasteiger partial charge in [0.15, 0.2) is 11.6 Å². The van der Waals surface area contributed by atoms with E-state index in [1.165, 1.54) is 18.7 Å². The van der Waals surface area contributed by atoms with Gasteiger partial charge >= 0.3 is 0 Å². The second kappa shape index (κ2) is 15.0. The lowest BCUT2D eigenvalue weighted by molar-refractivity contribution is -0.118. The van der Waals surface area contributed by atoms with Crippen LogP contribution in [-0.2, 0) is 14.3 Å². The molecule has 0 unspecified atom stereocenters. The lowest BCUT2D eigenvalue weighted by atomic mass is 10.1. The van der Waals surface area contributed by atoms with Crippen molar-refractivity contribution < 1.29 is 23.1 Å². The Hall–Kier alpha value is -3.81. The van der Waals surface area contributed by atoms with E-state index in [1.807, 2.05) is 9.80 Å². The number of piperazine rings is 1. The molecule has 0 aromatic carbocycles. The van der Waals surface area contributed by atoms with Gasteiger partial charge in [0.25, 0.3) is 6.43 Å². The minimum absolute atomic E-state index is 0.00360. The van der Waals surface area contributed by atoms with Crippen molar-refractivity contribution in [3.05, 3.63) is 24.5 Å². The van der Waals surface area contributed by atoms with Crippen molar-refractivity contribution in [1.29, 1.82) is 0 Å². The average Bonchev–Trinajstić information content (AvgIpc) is 2.97. The van der Waals surface area contributed by atoms with Crippen molar-refractivity contribution in [2.75, 3.05) is 68.0 Å². The number of nitrogens with two attached hydrogens (primary N) is 1. The Bertz CT molecular complexity index is 1110. The van der Waals surface area contributed by atoms with Gasteiger partial charge in [-0.25, -0.2) is 18.7 Å². The Balaban J connectivity index is 0.000000403. The van der Waals surface area contributed by atoms with E-state index in [-0.39, 0.29) is 23.1 Å². The van der Waals surface area contributed by atoms with E-state index in [2.05, 4.69) is 38.4 Å². The maximum absolute atomic E-state index is 13.6. The van der Waals surface area contributed by atoms with Gasteiger partial charge in [0, 0.05) is 51.9 Å². The third kappa shape index (κ3) is 8.60. The highest BCUT2D eigenvalue weighted by Crippen LogP contribution is 2.29. The van der Waals surface area contributed by atoms with Crippen molar-refractivity contribution in [3.63, 3.8) is 0 Å². The molecule has 0 aliphatic carbocycles. The first-order valence-corrected chi connectivity index (χ1v) is 13.0. The number of nitrogens with zero attached hydrogens (tertiary/aromatic N) is 8. The maximum Gasteiger partial charge on any atom is 0.281 e. The van der Waals surface area contributed by atoms with Crippen LogP contribution in [0.5, 0.6) is 0 Å². The summed E-state index contributed by atoms with van der Waals surface area (Å²) in [5.41, 5.74) is 4.97. The van der Waals surface area contributed by atoms with Gasteiger partial charge in [0.05, 0.1) is 18.8 Å². The lowest BCUT2D eigenvalue weighted by Gasteiger charge is -2.33.